The van der Waals surface area contributed by atoms with Crippen LogP contribution in [0.4, 0.5) is 5.69 Å². The summed E-state index contributed by atoms with van der Waals surface area (Å²) in [7, 11) is 0. The molecule has 0 aliphatic heterocycles. The third-order valence-corrected chi connectivity index (χ3v) is 4.58. The minimum absolute atomic E-state index is 0.184. The summed E-state index contributed by atoms with van der Waals surface area (Å²) >= 11 is 6.23. The molecule has 2 aromatic carbocycles. The van der Waals surface area contributed by atoms with E-state index in [1.807, 2.05) is 32.0 Å². The van der Waals surface area contributed by atoms with Crippen molar-refractivity contribution < 1.29 is 4.79 Å². The van der Waals surface area contributed by atoms with Crippen molar-refractivity contribution in [3.63, 3.8) is 0 Å². The van der Waals surface area contributed by atoms with Gasteiger partial charge in [0.15, 0.2) is 5.69 Å². The number of amides is 1. The topological polar surface area (TPSA) is 64.0 Å². The van der Waals surface area contributed by atoms with Gasteiger partial charge in [0.1, 0.15) is 0 Å². The molecular weight excluding hydrogens is 350 g/mol. The van der Waals surface area contributed by atoms with Gasteiger partial charge in [0, 0.05) is 17.4 Å². The van der Waals surface area contributed by atoms with E-state index in [0.717, 1.165) is 11.1 Å². The third kappa shape index (κ3) is 3.39. The molecule has 0 radical (unpaired) electrons. The number of benzene rings is 2. The minimum atomic E-state index is -0.551. The van der Waals surface area contributed by atoms with Gasteiger partial charge in [-0.15, -0.1) is 0 Å². The van der Waals surface area contributed by atoms with Crippen LogP contribution in [-0.4, -0.2) is 15.7 Å². The first-order valence-corrected chi connectivity index (χ1v) is 8.49. The molecule has 0 atom stereocenters. The highest BCUT2D eigenvalue weighted by atomic mass is 35.5. The number of aromatic nitrogens is 2. The molecule has 1 N–H and O–H groups in total. The number of carbonyl (C=O) groups excluding carboxylic acids is 1. The van der Waals surface area contributed by atoms with E-state index in [2.05, 4.69) is 10.4 Å². The van der Waals surface area contributed by atoms with Crippen molar-refractivity contribution in [2.45, 2.75) is 20.8 Å². The Bertz CT molecular complexity index is 1060. The van der Waals surface area contributed by atoms with Crippen LogP contribution in [0.5, 0.6) is 0 Å². The summed E-state index contributed by atoms with van der Waals surface area (Å²) in [5.74, 6) is -0.551. The van der Waals surface area contributed by atoms with E-state index in [4.69, 9.17) is 11.6 Å². The first-order valence-electron chi connectivity index (χ1n) is 8.12. The average Bonchev–Trinajstić information content (AvgIpc) is 2.60. The van der Waals surface area contributed by atoms with Gasteiger partial charge in [-0.3, -0.25) is 9.59 Å². The lowest BCUT2D eigenvalue weighted by molar-refractivity contribution is 0.101. The summed E-state index contributed by atoms with van der Waals surface area (Å²) in [5.41, 5.74) is 3.22. The highest BCUT2D eigenvalue weighted by molar-refractivity contribution is 6.32. The molecule has 0 saturated heterocycles. The largest absolute Gasteiger partial charge is 0.320 e. The van der Waals surface area contributed by atoms with Crippen LogP contribution < -0.4 is 10.7 Å². The van der Waals surface area contributed by atoms with Crippen LogP contribution in [0.3, 0.4) is 0 Å². The van der Waals surface area contributed by atoms with Crippen LogP contribution >= 0.6 is 11.6 Å². The molecule has 0 saturated carbocycles. The molecular formula is C20H18ClN3O2. The second-order valence-corrected chi connectivity index (χ2v) is 6.47. The molecule has 0 aliphatic carbocycles. The molecule has 6 heteroatoms. The van der Waals surface area contributed by atoms with E-state index < -0.39 is 11.3 Å². The average molecular weight is 368 g/mol. The fourth-order valence-corrected chi connectivity index (χ4v) is 2.86. The minimum Gasteiger partial charge on any atom is -0.320 e. The molecule has 3 rings (SSSR count). The van der Waals surface area contributed by atoms with Gasteiger partial charge in [-0.05, 0) is 50.1 Å². The predicted octanol–water partition coefficient (Wildman–Crippen LogP) is 4.06. The van der Waals surface area contributed by atoms with Gasteiger partial charge in [-0.25, -0.2) is 4.68 Å². The van der Waals surface area contributed by atoms with Crippen molar-refractivity contribution in [2.24, 2.45) is 0 Å². The van der Waals surface area contributed by atoms with E-state index in [0.29, 0.717) is 22.1 Å². The number of anilines is 1. The summed E-state index contributed by atoms with van der Waals surface area (Å²) in [5, 5.41) is 7.51. The summed E-state index contributed by atoms with van der Waals surface area (Å²) in [6.07, 6.45) is 0. The smallest absolute Gasteiger partial charge is 0.280 e. The zero-order chi connectivity index (χ0) is 18.8. The highest BCUT2D eigenvalue weighted by Gasteiger charge is 2.17. The zero-order valence-corrected chi connectivity index (χ0v) is 15.5. The van der Waals surface area contributed by atoms with Gasteiger partial charge in [-0.2, -0.15) is 5.10 Å². The van der Waals surface area contributed by atoms with Crippen molar-refractivity contribution in [3.8, 4) is 5.69 Å². The maximum Gasteiger partial charge on any atom is 0.280 e. The van der Waals surface area contributed by atoms with Crippen LogP contribution in [0.25, 0.3) is 5.69 Å². The fraction of sp³-hybridized carbons (Fsp3) is 0.150. The van der Waals surface area contributed by atoms with Gasteiger partial charge in [-0.1, -0.05) is 35.9 Å². The Morgan fingerprint density at radius 3 is 2.54 bits per heavy atom. The molecule has 5 nitrogen and oxygen atoms in total. The summed E-state index contributed by atoms with van der Waals surface area (Å²) in [6, 6.07) is 14.1. The standard InChI is InChI=1S/C20H18ClN3O2/c1-12-7-6-9-16(14(12)3)22-20(26)19-18(25)11-13(2)24(23-19)17-10-5-4-8-15(17)21/h4-11H,1-3H3,(H,22,26). The predicted molar refractivity (Wildman–Crippen MR) is 103 cm³/mol. The van der Waals surface area contributed by atoms with Crippen molar-refractivity contribution in [3.05, 3.63) is 86.3 Å². The summed E-state index contributed by atoms with van der Waals surface area (Å²) in [4.78, 5) is 25.0. The summed E-state index contributed by atoms with van der Waals surface area (Å²) in [6.45, 7) is 5.61. The molecule has 132 valence electrons. The second-order valence-electron chi connectivity index (χ2n) is 6.06. The lowest BCUT2D eigenvalue weighted by Gasteiger charge is -2.13. The molecule has 26 heavy (non-hydrogen) atoms. The molecule has 1 heterocycles. The lowest BCUT2D eigenvalue weighted by atomic mass is 10.1. The number of aryl methyl sites for hydroxylation is 2. The highest BCUT2D eigenvalue weighted by Crippen LogP contribution is 2.21. The Kier molecular flexibility index (Phi) is 4.91. The molecule has 1 amide bonds. The van der Waals surface area contributed by atoms with Gasteiger partial charge < -0.3 is 5.32 Å². The number of hydrogen-bond donors (Lipinski definition) is 1. The Morgan fingerprint density at radius 1 is 1.08 bits per heavy atom. The van der Waals surface area contributed by atoms with Crippen molar-refractivity contribution in [1.82, 2.24) is 9.78 Å². The lowest BCUT2D eigenvalue weighted by Crippen LogP contribution is -2.27. The van der Waals surface area contributed by atoms with E-state index in [-0.39, 0.29) is 5.69 Å². The number of hydrogen-bond acceptors (Lipinski definition) is 3. The number of para-hydroxylation sites is 1. The van der Waals surface area contributed by atoms with Crippen LogP contribution in [0, 0.1) is 20.8 Å². The summed E-state index contributed by atoms with van der Waals surface area (Å²) < 4.78 is 1.50. The van der Waals surface area contributed by atoms with E-state index >= 15 is 0 Å². The van der Waals surface area contributed by atoms with Crippen LogP contribution in [0.1, 0.15) is 27.3 Å². The Labute approximate surface area is 156 Å². The zero-order valence-electron chi connectivity index (χ0n) is 14.7. The molecule has 3 aromatic rings. The number of nitrogens with one attached hydrogen (secondary N) is 1. The Balaban J connectivity index is 2.04. The van der Waals surface area contributed by atoms with Gasteiger partial charge in [0.25, 0.3) is 5.91 Å². The number of nitrogens with zero attached hydrogens (tertiary/aromatic N) is 2. The fourth-order valence-electron chi connectivity index (χ4n) is 2.64. The van der Waals surface area contributed by atoms with Crippen molar-refractivity contribution >= 4 is 23.2 Å². The van der Waals surface area contributed by atoms with Gasteiger partial charge >= 0.3 is 0 Å². The van der Waals surface area contributed by atoms with Crippen LogP contribution in [-0.2, 0) is 0 Å². The van der Waals surface area contributed by atoms with Gasteiger partial charge in [0.2, 0.25) is 5.43 Å². The van der Waals surface area contributed by atoms with E-state index in [9.17, 15) is 9.59 Å². The van der Waals surface area contributed by atoms with Crippen LogP contribution in [0.15, 0.2) is 53.3 Å². The monoisotopic (exact) mass is 367 g/mol. The van der Waals surface area contributed by atoms with Crippen molar-refractivity contribution in [2.75, 3.05) is 5.32 Å². The first kappa shape index (κ1) is 17.9. The Hall–Kier alpha value is -2.92. The second kappa shape index (κ2) is 7.14. The third-order valence-electron chi connectivity index (χ3n) is 4.26. The number of halogens is 1. The van der Waals surface area contributed by atoms with E-state index in [1.165, 1.54) is 10.7 Å². The van der Waals surface area contributed by atoms with Gasteiger partial charge in [0.05, 0.1) is 10.7 Å². The van der Waals surface area contributed by atoms with Crippen LogP contribution in [0.2, 0.25) is 5.02 Å². The number of carbonyl (C=O) groups is 1. The normalized spacial score (nSPS) is 10.6. The molecule has 0 unspecified atom stereocenters. The molecule has 0 aliphatic rings. The molecule has 0 spiro atoms. The van der Waals surface area contributed by atoms with E-state index in [1.54, 1.807) is 31.2 Å². The Morgan fingerprint density at radius 2 is 1.81 bits per heavy atom. The number of rotatable bonds is 3. The first-order chi connectivity index (χ1) is 12.4. The maximum absolute atomic E-state index is 12.7. The molecule has 1 aromatic heterocycles. The quantitative estimate of drug-likeness (QED) is 0.759. The molecule has 0 bridgehead atoms. The van der Waals surface area contributed by atoms with Crippen molar-refractivity contribution in [1.29, 1.82) is 0 Å². The molecule has 0 fully saturated rings. The maximum atomic E-state index is 12.7. The SMILES string of the molecule is Cc1cccc(NC(=O)c2nn(-c3ccccc3Cl)c(C)cc2=O)c1C.